The van der Waals surface area contributed by atoms with Gasteiger partial charge in [-0.05, 0) is 116 Å². The predicted molar refractivity (Wildman–Crippen MR) is 362 cm³/mol. The van der Waals surface area contributed by atoms with Gasteiger partial charge in [0.15, 0.2) is 6.10 Å². The van der Waals surface area contributed by atoms with E-state index < -0.39 is 12.1 Å². The van der Waals surface area contributed by atoms with Gasteiger partial charge in [0.1, 0.15) is 13.2 Å². The van der Waals surface area contributed by atoms with Gasteiger partial charge in [-0.3, -0.25) is 14.4 Å². The van der Waals surface area contributed by atoms with Crippen LogP contribution >= 0.6 is 0 Å². The minimum absolute atomic E-state index is 0.0846. The largest absolute Gasteiger partial charge is 0.462 e. The summed E-state index contributed by atoms with van der Waals surface area (Å²) in [4.78, 5) is 38.2. The van der Waals surface area contributed by atoms with E-state index in [2.05, 4.69) is 142 Å². The van der Waals surface area contributed by atoms with Crippen molar-refractivity contribution in [2.45, 2.75) is 322 Å². The van der Waals surface area contributed by atoms with Crippen LogP contribution in [0.4, 0.5) is 0 Å². The Balaban J connectivity index is 4.20. The Kier molecular flexibility index (Phi) is 66.3. The van der Waals surface area contributed by atoms with Crippen molar-refractivity contribution < 1.29 is 28.6 Å². The van der Waals surface area contributed by atoms with Crippen molar-refractivity contribution in [1.82, 2.24) is 0 Å². The second kappa shape index (κ2) is 70.0. The molecule has 0 fully saturated rings. The summed E-state index contributed by atoms with van der Waals surface area (Å²) in [7, 11) is 0. The molecule has 0 aliphatic heterocycles. The zero-order chi connectivity index (χ0) is 59.9. The van der Waals surface area contributed by atoms with E-state index in [1.165, 1.54) is 173 Å². The summed E-state index contributed by atoms with van der Waals surface area (Å²) in [5.41, 5.74) is 0. The third-order valence-corrected chi connectivity index (χ3v) is 14.7. The van der Waals surface area contributed by atoms with Gasteiger partial charge in [-0.15, -0.1) is 0 Å². The first-order valence-corrected chi connectivity index (χ1v) is 34.7. The molecule has 6 nitrogen and oxygen atoms in total. The number of rotatable bonds is 62. The third kappa shape index (κ3) is 68.2. The Morgan fingerprint density at radius 2 is 0.506 bits per heavy atom. The molecule has 0 heterocycles. The molecule has 1 atom stereocenters. The van der Waals surface area contributed by atoms with Gasteiger partial charge in [-0.1, -0.05) is 315 Å². The van der Waals surface area contributed by atoms with Gasteiger partial charge in [0.2, 0.25) is 0 Å². The second-order valence-corrected chi connectivity index (χ2v) is 22.7. The number of unbranched alkanes of at least 4 members (excludes halogenated alkanes) is 30. The molecule has 0 bridgehead atoms. The minimum atomic E-state index is -0.853. The quantitative estimate of drug-likeness (QED) is 0.0261. The van der Waals surface area contributed by atoms with Gasteiger partial charge in [-0.25, -0.2) is 0 Å². The van der Waals surface area contributed by atoms with E-state index >= 15 is 0 Å². The lowest BCUT2D eigenvalue weighted by atomic mass is 10.0. The smallest absolute Gasteiger partial charge is 0.310 e. The van der Waals surface area contributed by atoms with Gasteiger partial charge in [0, 0.05) is 12.8 Å². The van der Waals surface area contributed by atoms with Crippen LogP contribution in [0.5, 0.6) is 0 Å². The normalized spacial score (nSPS) is 13.0. The summed E-state index contributed by atoms with van der Waals surface area (Å²) < 4.78 is 16.8. The van der Waals surface area contributed by atoms with E-state index in [-0.39, 0.29) is 38.0 Å². The van der Waals surface area contributed by atoms with Crippen molar-refractivity contribution in [3.8, 4) is 0 Å². The third-order valence-electron chi connectivity index (χ3n) is 14.7. The SMILES string of the molecule is CC/C=C\C/C=C\C/C=C\C/C=C\C/C=C\CC(=O)OC(COC(=O)CCCC/C=C\C/C=C\C/C=C\C/C=C\CC)COC(=O)CCCCCCCCCCCCCCCCCCCCCCCCC/C=C\C/C=C\CCCCCCC. The highest BCUT2D eigenvalue weighted by atomic mass is 16.6. The highest BCUT2D eigenvalue weighted by Crippen LogP contribution is 2.17. The molecule has 0 saturated carbocycles. The summed E-state index contributed by atoms with van der Waals surface area (Å²) >= 11 is 0. The maximum absolute atomic E-state index is 12.8. The summed E-state index contributed by atoms with van der Waals surface area (Å²) in [6, 6.07) is 0. The Morgan fingerprint density at radius 3 is 0.819 bits per heavy atom. The van der Waals surface area contributed by atoms with E-state index in [9.17, 15) is 14.4 Å². The van der Waals surface area contributed by atoms with Crippen LogP contribution in [0, 0.1) is 0 Å². The molecule has 6 heteroatoms. The second-order valence-electron chi connectivity index (χ2n) is 22.7. The van der Waals surface area contributed by atoms with Crippen LogP contribution in [0.25, 0.3) is 0 Å². The Labute approximate surface area is 513 Å². The molecular weight excluding hydrogens is 1020 g/mol. The van der Waals surface area contributed by atoms with Crippen molar-refractivity contribution in [3.05, 3.63) is 134 Å². The molecule has 0 aromatic carbocycles. The number of ether oxygens (including phenoxy) is 3. The number of hydrogen-bond acceptors (Lipinski definition) is 6. The fourth-order valence-corrected chi connectivity index (χ4v) is 9.54. The molecule has 0 aliphatic carbocycles. The Hall–Kier alpha value is -4.45. The molecule has 0 rings (SSSR count). The van der Waals surface area contributed by atoms with E-state index in [1.54, 1.807) is 6.08 Å². The van der Waals surface area contributed by atoms with Crippen molar-refractivity contribution in [2.75, 3.05) is 13.2 Å². The predicted octanol–water partition coefficient (Wildman–Crippen LogP) is 24.1. The highest BCUT2D eigenvalue weighted by molar-refractivity contribution is 5.72. The van der Waals surface area contributed by atoms with Crippen LogP contribution in [0.1, 0.15) is 316 Å². The fourth-order valence-electron chi connectivity index (χ4n) is 9.54. The first kappa shape index (κ1) is 78.5. The molecule has 1 unspecified atom stereocenters. The minimum Gasteiger partial charge on any atom is -0.462 e. The van der Waals surface area contributed by atoms with Crippen molar-refractivity contribution in [1.29, 1.82) is 0 Å². The summed E-state index contributed by atoms with van der Waals surface area (Å²) in [6.07, 6.45) is 99.6. The number of carbonyl (C=O) groups excluding carboxylic acids is 3. The van der Waals surface area contributed by atoms with Crippen LogP contribution in [-0.4, -0.2) is 37.2 Å². The molecule has 0 aliphatic rings. The van der Waals surface area contributed by atoms with Gasteiger partial charge >= 0.3 is 17.9 Å². The van der Waals surface area contributed by atoms with E-state index in [4.69, 9.17) is 14.2 Å². The lowest BCUT2D eigenvalue weighted by molar-refractivity contribution is -0.166. The number of esters is 3. The molecule has 0 amide bonds. The molecule has 0 aromatic rings. The molecule has 472 valence electrons. The van der Waals surface area contributed by atoms with Crippen LogP contribution in [-0.2, 0) is 28.6 Å². The summed E-state index contributed by atoms with van der Waals surface area (Å²) in [5, 5.41) is 0. The van der Waals surface area contributed by atoms with E-state index in [0.29, 0.717) is 19.3 Å². The highest BCUT2D eigenvalue weighted by Gasteiger charge is 2.19. The molecule has 0 spiro atoms. The van der Waals surface area contributed by atoms with Gasteiger partial charge in [-0.2, -0.15) is 0 Å². The first-order valence-electron chi connectivity index (χ1n) is 34.7. The molecule has 0 saturated heterocycles. The van der Waals surface area contributed by atoms with Gasteiger partial charge in [0.25, 0.3) is 0 Å². The molecule has 0 radical (unpaired) electrons. The zero-order valence-electron chi connectivity index (χ0n) is 54.2. The number of carbonyl (C=O) groups is 3. The van der Waals surface area contributed by atoms with Crippen LogP contribution in [0.3, 0.4) is 0 Å². The first-order chi connectivity index (χ1) is 41.0. The zero-order valence-corrected chi connectivity index (χ0v) is 54.2. The van der Waals surface area contributed by atoms with Gasteiger partial charge in [0.05, 0.1) is 6.42 Å². The Morgan fingerprint density at radius 1 is 0.265 bits per heavy atom. The van der Waals surface area contributed by atoms with Crippen LogP contribution in [0.15, 0.2) is 134 Å². The molecule has 83 heavy (non-hydrogen) atoms. The average molecular weight is 1150 g/mol. The molecular formula is C77H128O6. The van der Waals surface area contributed by atoms with Crippen LogP contribution < -0.4 is 0 Å². The topological polar surface area (TPSA) is 78.9 Å². The molecule has 0 aromatic heterocycles. The fraction of sp³-hybridized carbons (Fsp3) is 0.675. The maximum atomic E-state index is 12.8. The summed E-state index contributed by atoms with van der Waals surface area (Å²) in [6.45, 7) is 6.30. The lowest BCUT2D eigenvalue weighted by Gasteiger charge is -2.18. The number of hydrogen-bond donors (Lipinski definition) is 0. The van der Waals surface area contributed by atoms with Crippen molar-refractivity contribution in [2.24, 2.45) is 0 Å². The van der Waals surface area contributed by atoms with Crippen molar-refractivity contribution in [3.63, 3.8) is 0 Å². The Bertz CT molecular complexity index is 1750. The van der Waals surface area contributed by atoms with Gasteiger partial charge < -0.3 is 14.2 Å². The summed E-state index contributed by atoms with van der Waals surface area (Å²) in [5.74, 6) is -1.10. The molecule has 0 N–H and O–H groups in total. The number of allylic oxidation sites excluding steroid dienone is 21. The van der Waals surface area contributed by atoms with E-state index in [1.807, 2.05) is 6.08 Å². The van der Waals surface area contributed by atoms with Crippen molar-refractivity contribution >= 4 is 17.9 Å². The monoisotopic (exact) mass is 1150 g/mol. The van der Waals surface area contributed by atoms with E-state index in [0.717, 1.165) is 89.9 Å². The van der Waals surface area contributed by atoms with Crippen LogP contribution in [0.2, 0.25) is 0 Å². The lowest BCUT2D eigenvalue weighted by Crippen LogP contribution is -2.30. The average Bonchev–Trinajstić information content (AvgIpc) is 3.50. The standard InChI is InChI=1S/C77H128O6/c1-4-7-10-13-16-19-22-25-28-29-30-31-32-33-34-35-36-37-38-39-40-41-42-43-44-45-46-47-50-52-55-58-61-64-67-70-76(79)82-73-74(83-77(80)71-68-65-62-59-56-53-49-27-24-21-18-15-12-9-6-3)72-81-75(78)69-66-63-60-57-54-51-48-26-23-20-17-14-11-8-5-2/h8-9,11-12,17-18,20-22,25-27,29-30,48-49,54,56-57,59,65,68,74H,4-7,10,13-16,19,23-24,28,31-47,50-53,55,58,60-64,66-67,69-73H2,1-3H3/b11-8-,12-9-,20-17-,21-18-,25-22-,30-29-,48-26-,49-27-,57-54-,59-56-,68-65-. The maximum Gasteiger partial charge on any atom is 0.310 e.